The predicted octanol–water partition coefficient (Wildman–Crippen LogP) is 4.43. The molecule has 0 N–H and O–H groups in total. The smallest absolute Gasteiger partial charge is 0.346 e. The van der Waals surface area contributed by atoms with Crippen molar-refractivity contribution in [1.82, 2.24) is 0 Å². The molecule has 0 radical (unpaired) electrons. The van der Waals surface area contributed by atoms with E-state index >= 15 is 0 Å². The average molecular weight is 309 g/mol. The third-order valence-electron chi connectivity index (χ3n) is 3.28. The van der Waals surface area contributed by atoms with E-state index in [9.17, 15) is 9.18 Å². The van der Waals surface area contributed by atoms with Gasteiger partial charge < -0.3 is 4.74 Å². The van der Waals surface area contributed by atoms with E-state index < -0.39 is 11.8 Å². The molecule has 0 unspecified atom stereocenters. The molecule has 0 atom stereocenters. The number of nitrogens with zero attached hydrogens (tertiary/aromatic N) is 1. The molecule has 0 saturated heterocycles. The van der Waals surface area contributed by atoms with Crippen LogP contribution in [0.2, 0.25) is 0 Å². The van der Waals surface area contributed by atoms with Gasteiger partial charge in [-0.25, -0.2) is 9.18 Å². The molecule has 0 aliphatic carbocycles. The SMILES string of the molecule is C/C=C/CCc1ccc(C(=O)Oc2ccc(C#N)cc2)c(F)c1. The number of allylic oxidation sites excluding steroid dienone is 2. The van der Waals surface area contributed by atoms with Crippen LogP contribution >= 0.6 is 0 Å². The van der Waals surface area contributed by atoms with Crippen LogP contribution in [0.5, 0.6) is 5.75 Å². The van der Waals surface area contributed by atoms with E-state index in [2.05, 4.69) is 0 Å². The summed E-state index contributed by atoms with van der Waals surface area (Å²) >= 11 is 0. The van der Waals surface area contributed by atoms with Crippen molar-refractivity contribution in [3.63, 3.8) is 0 Å². The maximum absolute atomic E-state index is 14.1. The van der Waals surface area contributed by atoms with E-state index in [1.807, 2.05) is 25.1 Å². The first-order valence-corrected chi connectivity index (χ1v) is 7.26. The maximum Gasteiger partial charge on any atom is 0.346 e. The van der Waals surface area contributed by atoms with E-state index in [0.717, 1.165) is 12.0 Å². The lowest BCUT2D eigenvalue weighted by Crippen LogP contribution is -2.11. The number of nitriles is 1. The summed E-state index contributed by atoms with van der Waals surface area (Å²) in [4.78, 5) is 12.0. The first-order chi connectivity index (χ1) is 11.1. The topological polar surface area (TPSA) is 50.1 Å². The highest BCUT2D eigenvalue weighted by Crippen LogP contribution is 2.17. The predicted molar refractivity (Wildman–Crippen MR) is 85.7 cm³/mol. The summed E-state index contributed by atoms with van der Waals surface area (Å²) in [7, 11) is 0. The van der Waals surface area contributed by atoms with Gasteiger partial charge in [0.05, 0.1) is 17.2 Å². The summed E-state index contributed by atoms with van der Waals surface area (Å²) in [5.74, 6) is -1.08. The Bertz CT molecular complexity index is 758. The van der Waals surface area contributed by atoms with Gasteiger partial charge in [-0.3, -0.25) is 0 Å². The van der Waals surface area contributed by atoms with Crippen LogP contribution in [0.4, 0.5) is 4.39 Å². The zero-order valence-corrected chi connectivity index (χ0v) is 12.8. The number of ether oxygens (including phenoxy) is 1. The maximum atomic E-state index is 14.1. The van der Waals surface area contributed by atoms with Crippen molar-refractivity contribution in [2.24, 2.45) is 0 Å². The summed E-state index contributed by atoms with van der Waals surface area (Å²) < 4.78 is 19.2. The van der Waals surface area contributed by atoms with Crippen LogP contribution in [-0.2, 0) is 6.42 Å². The fraction of sp³-hybridized carbons (Fsp3) is 0.158. The van der Waals surface area contributed by atoms with Crippen LogP contribution in [0, 0.1) is 17.1 Å². The molecule has 0 aromatic heterocycles. The molecule has 0 bridgehead atoms. The van der Waals surface area contributed by atoms with Gasteiger partial charge >= 0.3 is 5.97 Å². The zero-order valence-electron chi connectivity index (χ0n) is 12.8. The van der Waals surface area contributed by atoms with Crippen LogP contribution in [0.3, 0.4) is 0 Å². The fourth-order valence-electron chi connectivity index (χ4n) is 2.06. The largest absolute Gasteiger partial charge is 0.423 e. The number of carbonyl (C=O) groups is 1. The van der Waals surface area contributed by atoms with E-state index in [4.69, 9.17) is 10.00 Å². The summed E-state index contributed by atoms with van der Waals surface area (Å²) in [6.45, 7) is 1.93. The van der Waals surface area contributed by atoms with Gasteiger partial charge in [0.25, 0.3) is 0 Å². The zero-order chi connectivity index (χ0) is 16.7. The molecule has 2 rings (SSSR count). The van der Waals surface area contributed by atoms with E-state index in [1.54, 1.807) is 6.07 Å². The molecule has 0 spiro atoms. The highest BCUT2D eigenvalue weighted by atomic mass is 19.1. The third kappa shape index (κ3) is 4.52. The van der Waals surface area contributed by atoms with Crippen LogP contribution in [0.25, 0.3) is 0 Å². The molecule has 116 valence electrons. The molecule has 0 amide bonds. The number of esters is 1. The minimum atomic E-state index is -0.757. The summed E-state index contributed by atoms with van der Waals surface area (Å²) in [5.41, 5.74) is 1.18. The molecule has 0 fully saturated rings. The summed E-state index contributed by atoms with van der Waals surface area (Å²) in [6.07, 6.45) is 5.49. The second-order valence-electron chi connectivity index (χ2n) is 4.95. The number of benzene rings is 2. The van der Waals surface area contributed by atoms with E-state index in [1.165, 1.54) is 36.4 Å². The average Bonchev–Trinajstić information content (AvgIpc) is 2.56. The minimum Gasteiger partial charge on any atom is -0.423 e. The Morgan fingerprint density at radius 2 is 2.00 bits per heavy atom. The van der Waals surface area contributed by atoms with E-state index in [0.29, 0.717) is 12.0 Å². The first kappa shape index (κ1) is 16.4. The standard InChI is InChI=1S/C19H16FNO2/c1-2-3-4-5-14-8-11-17(18(20)12-14)19(22)23-16-9-6-15(13-21)7-10-16/h2-3,6-12H,4-5H2,1H3/b3-2+. The van der Waals surface area contributed by atoms with Gasteiger partial charge in [0, 0.05) is 0 Å². The fourth-order valence-corrected chi connectivity index (χ4v) is 2.06. The Morgan fingerprint density at radius 1 is 1.26 bits per heavy atom. The first-order valence-electron chi connectivity index (χ1n) is 7.26. The molecule has 2 aromatic rings. The lowest BCUT2D eigenvalue weighted by Gasteiger charge is -2.07. The Hall–Kier alpha value is -2.93. The third-order valence-corrected chi connectivity index (χ3v) is 3.28. The number of carbonyl (C=O) groups excluding carboxylic acids is 1. The second-order valence-corrected chi connectivity index (χ2v) is 4.95. The monoisotopic (exact) mass is 309 g/mol. The lowest BCUT2D eigenvalue weighted by atomic mass is 10.1. The number of aryl methyl sites for hydroxylation is 1. The molecule has 2 aromatic carbocycles. The molecule has 3 nitrogen and oxygen atoms in total. The molecular formula is C19H16FNO2. The van der Waals surface area contributed by atoms with Crippen LogP contribution in [0.15, 0.2) is 54.6 Å². The van der Waals surface area contributed by atoms with Gasteiger partial charge in [0.15, 0.2) is 0 Å². The molecular weight excluding hydrogens is 293 g/mol. The van der Waals surface area contributed by atoms with Crippen LogP contribution in [0.1, 0.15) is 34.8 Å². The van der Waals surface area contributed by atoms with Crippen molar-refractivity contribution >= 4 is 5.97 Å². The quantitative estimate of drug-likeness (QED) is 0.466. The van der Waals surface area contributed by atoms with Crippen LogP contribution in [-0.4, -0.2) is 5.97 Å². The lowest BCUT2D eigenvalue weighted by molar-refractivity contribution is 0.0730. The Labute approximate surface area is 134 Å². The van der Waals surface area contributed by atoms with Gasteiger partial charge in [-0.1, -0.05) is 18.2 Å². The highest BCUT2D eigenvalue weighted by molar-refractivity contribution is 5.91. The number of rotatable bonds is 5. The van der Waals surface area contributed by atoms with Crippen molar-refractivity contribution in [2.45, 2.75) is 19.8 Å². The van der Waals surface area contributed by atoms with Gasteiger partial charge in [0.1, 0.15) is 11.6 Å². The Morgan fingerprint density at radius 3 is 2.61 bits per heavy atom. The highest BCUT2D eigenvalue weighted by Gasteiger charge is 2.14. The van der Waals surface area contributed by atoms with Gasteiger partial charge in [-0.2, -0.15) is 5.26 Å². The molecule has 0 aliphatic rings. The normalized spacial score (nSPS) is 10.5. The van der Waals surface area contributed by atoms with Crippen molar-refractivity contribution in [1.29, 1.82) is 5.26 Å². The van der Waals surface area contributed by atoms with Gasteiger partial charge in [-0.05, 0) is 61.7 Å². The molecule has 23 heavy (non-hydrogen) atoms. The number of hydrogen-bond acceptors (Lipinski definition) is 3. The van der Waals surface area contributed by atoms with Crippen molar-refractivity contribution in [3.8, 4) is 11.8 Å². The molecule has 4 heteroatoms. The Kier molecular flexibility index (Phi) is 5.65. The molecule has 0 aliphatic heterocycles. The van der Waals surface area contributed by atoms with Crippen molar-refractivity contribution in [3.05, 3.63) is 77.1 Å². The Balaban J connectivity index is 2.08. The van der Waals surface area contributed by atoms with Gasteiger partial charge in [-0.15, -0.1) is 0 Å². The summed E-state index contributed by atoms with van der Waals surface area (Å²) in [6, 6.07) is 12.6. The summed E-state index contributed by atoms with van der Waals surface area (Å²) in [5, 5.41) is 8.72. The van der Waals surface area contributed by atoms with Crippen molar-refractivity contribution in [2.75, 3.05) is 0 Å². The molecule has 0 saturated carbocycles. The van der Waals surface area contributed by atoms with Crippen LogP contribution < -0.4 is 4.74 Å². The second kappa shape index (κ2) is 7.90. The van der Waals surface area contributed by atoms with Crippen molar-refractivity contribution < 1.29 is 13.9 Å². The minimum absolute atomic E-state index is 0.107. The van der Waals surface area contributed by atoms with Gasteiger partial charge in [0.2, 0.25) is 0 Å². The number of hydrogen-bond donors (Lipinski definition) is 0. The number of halogens is 1. The molecule has 0 heterocycles. The van der Waals surface area contributed by atoms with E-state index in [-0.39, 0.29) is 11.3 Å².